The summed E-state index contributed by atoms with van der Waals surface area (Å²) in [5.74, 6) is 1.08. The quantitative estimate of drug-likeness (QED) is 0.458. The van der Waals surface area contributed by atoms with E-state index in [2.05, 4.69) is 15.3 Å². The zero-order valence-corrected chi connectivity index (χ0v) is 15.9. The summed E-state index contributed by atoms with van der Waals surface area (Å²) >= 11 is 0. The molecule has 0 saturated heterocycles. The van der Waals surface area contributed by atoms with Crippen molar-refractivity contribution in [1.82, 2.24) is 14.9 Å². The van der Waals surface area contributed by atoms with Crippen LogP contribution in [0, 0.1) is 0 Å². The van der Waals surface area contributed by atoms with Crippen LogP contribution in [0.5, 0.6) is 5.75 Å². The molecule has 9 heteroatoms. The fourth-order valence-corrected chi connectivity index (χ4v) is 3.04. The van der Waals surface area contributed by atoms with Crippen LogP contribution in [0.4, 0.5) is 11.5 Å². The SMILES string of the molecule is CC/N=c1/cc(N2CCOc3cc(C(=O)NCCCCO)[nH]c32)ccn1C=O. The molecule has 0 atom stereocenters. The van der Waals surface area contributed by atoms with Crippen molar-refractivity contribution in [2.24, 2.45) is 4.99 Å². The molecule has 1 aliphatic heterocycles. The van der Waals surface area contributed by atoms with Gasteiger partial charge in [0.05, 0.1) is 6.54 Å². The van der Waals surface area contributed by atoms with Crippen LogP contribution in [0.15, 0.2) is 29.4 Å². The lowest BCUT2D eigenvalue weighted by Gasteiger charge is -2.28. The second kappa shape index (κ2) is 9.23. The van der Waals surface area contributed by atoms with Crippen LogP contribution in [-0.2, 0) is 4.79 Å². The number of aliphatic hydroxyl groups is 1. The van der Waals surface area contributed by atoms with Crippen molar-refractivity contribution < 1.29 is 19.4 Å². The Morgan fingerprint density at radius 2 is 2.29 bits per heavy atom. The van der Waals surface area contributed by atoms with Crippen molar-refractivity contribution >= 4 is 23.8 Å². The average molecular weight is 387 g/mol. The highest BCUT2D eigenvalue weighted by atomic mass is 16.5. The zero-order valence-electron chi connectivity index (χ0n) is 15.9. The number of aromatic nitrogens is 2. The fourth-order valence-electron chi connectivity index (χ4n) is 3.04. The molecule has 0 unspecified atom stereocenters. The van der Waals surface area contributed by atoms with Crippen LogP contribution in [0.2, 0.25) is 0 Å². The number of aliphatic hydroxyl groups excluding tert-OH is 1. The maximum absolute atomic E-state index is 12.4. The number of unbranched alkanes of at least 4 members (excludes halogenated alkanes) is 1. The minimum Gasteiger partial charge on any atom is -0.488 e. The standard InChI is InChI=1S/C19H25N5O4/c1-2-20-17-11-14(5-7-23(17)13-26)24-8-10-28-16-12-15(22-18(16)24)19(27)21-6-3-4-9-25/h5,7,11-13,22,25H,2-4,6,8-10H2,1H3,(H,21,27)/b20-17-. The van der Waals surface area contributed by atoms with Gasteiger partial charge in [-0.25, -0.2) is 0 Å². The summed E-state index contributed by atoms with van der Waals surface area (Å²) in [5.41, 5.74) is 1.83. The summed E-state index contributed by atoms with van der Waals surface area (Å²) in [6, 6.07) is 5.35. The topological polar surface area (TPSA) is 112 Å². The van der Waals surface area contributed by atoms with E-state index >= 15 is 0 Å². The first-order valence-electron chi connectivity index (χ1n) is 9.38. The van der Waals surface area contributed by atoms with Crippen molar-refractivity contribution in [3.8, 4) is 5.75 Å². The summed E-state index contributed by atoms with van der Waals surface area (Å²) in [6.45, 7) is 4.16. The van der Waals surface area contributed by atoms with Crippen LogP contribution in [0.25, 0.3) is 0 Å². The summed E-state index contributed by atoms with van der Waals surface area (Å²) in [4.78, 5) is 33.0. The molecule has 3 N–H and O–H groups in total. The second-order valence-corrected chi connectivity index (χ2v) is 6.31. The van der Waals surface area contributed by atoms with E-state index in [-0.39, 0.29) is 12.5 Å². The van der Waals surface area contributed by atoms with Gasteiger partial charge in [0.15, 0.2) is 11.6 Å². The Hall–Kier alpha value is -3.07. The summed E-state index contributed by atoms with van der Waals surface area (Å²) < 4.78 is 7.13. The molecule has 0 aliphatic carbocycles. The maximum Gasteiger partial charge on any atom is 0.267 e. The molecule has 150 valence electrons. The van der Waals surface area contributed by atoms with Gasteiger partial charge in [0.2, 0.25) is 6.41 Å². The van der Waals surface area contributed by atoms with Crippen molar-refractivity contribution in [3.63, 3.8) is 0 Å². The zero-order chi connectivity index (χ0) is 19.9. The van der Waals surface area contributed by atoms with Crippen LogP contribution in [-0.4, -0.2) is 59.8 Å². The van der Waals surface area contributed by atoms with Crippen LogP contribution in [0.3, 0.4) is 0 Å². The van der Waals surface area contributed by atoms with E-state index in [0.29, 0.717) is 55.4 Å². The molecule has 0 saturated carbocycles. The molecule has 9 nitrogen and oxygen atoms in total. The number of carbonyl (C=O) groups is 2. The lowest BCUT2D eigenvalue weighted by atomic mass is 10.3. The number of rotatable bonds is 8. The van der Waals surface area contributed by atoms with Crippen LogP contribution < -0.4 is 20.4 Å². The highest BCUT2D eigenvalue weighted by molar-refractivity contribution is 5.94. The number of ether oxygens (including phenoxy) is 1. The van der Waals surface area contributed by atoms with Gasteiger partial charge in [-0.3, -0.25) is 19.1 Å². The van der Waals surface area contributed by atoms with Gasteiger partial charge in [-0.15, -0.1) is 0 Å². The summed E-state index contributed by atoms with van der Waals surface area (Å²) in [6.07, 6.45) is 3.76. The predicted molar refractivity (Wildman–Crippen MR) is 105 cm³/mol. The van der Waals surface area contributed by atoms with Crippen molar-refractivity contribution in [2.75, 3.05) is 37.7 Å². The first-order chi connectivity index (χ1) is 13.7. The monoisotopic (exact) mass is 387 g/mol. The molecule has 0 bridgehead atoms. The van der Waals surface area contributed by atoms with E-state index < -0.39 is 0 Å². The Balaban J connectivity index is 1.85. The Morgan fingerprint density at radius 1 is 1.43 bits per heavy atom. The van der Waals surface area contributed by atoms with Gasteiger partial charge in [-0.05, 0) is 25.8 Å². The van der Waals surface area contributed by atoms with E-state index in [4.69, 9.17) is 9.84 Å². The number of H-pyrrole nitrogens is 1. The first kappa shape index (κ1) is 19.7. The highest BCUT2D eigenvalue weighted by Gasteiger charge is 2.24. The molecule has 28 heavy (non-hydrogen) atoms. The lowest BCUT2D eigenvalue weighted by molar-refractivity contribution is 0.0947. The number of aromatic amines is 1. The number of nitrogens with zero attached hydrogens (tertiary/aromatic N) is 3. The number of amides is 1. The number of hydrogen-bond acceptors (Lipinski definition) is 6. The molecule has 1 aliphatic rings. The Kier molecular flexibility index (Phi) is 6.49. The first-order valence-corrected chi connectivity index (χ1v) is 9.38. The molecule has 0 radical (unpaired) electrons. The van der Waals surface area contributed by atoms with E-state index in [1.54, 1.807) is 12.3 Å². The van der Waals surface area contributed by atoms with Gasteiger partial charge in [0.25, 0.3) is 5.91 Å². The van der Waals surface area contributed by atoms with E-state index in [1.165, 1.54) is 4.57 Å². The van der Waals surface area contributed by atoms with E-state index in [1.807, 2.05) is 24.0 Å². The number of carbonyl (C=O) groups excluding carboxylic acids is 2. The number of pyridine rings is 1. The molecule has 2 aromatic rings. The summed E-state index contributed by atoms with van der Waals surface area (Å²) in [5, 5.41) is 11.6. The Bertz CT molecular complexity index is 902. The van der Waals surface area contributed by atoms with Gasteiger partial charge < -0.3 is 25.0 Å². The molecule has 0 aromatic carbocycles. The lowest BCUT2D eigenvalue weighted by Crippen LogP contribution is -2.30. The number of hydrogen-bond donors (Lipinski definition) is 3. The molecule has 2 aromatic heterocycles. The highest BCUT2D eigenvalue weighted by Crippen LogP contribution is 2.36. The number of nitrogens with one attached hydrogen (secondary N) is 2. The number of fused-ring (bicyclic) bond motifs is 1. The Labute approximate surface area is 162 Å². The average Bonchev–Trinajstić information content (AvgIpc) is 3.16. The fraction of sp³-hybridized carbons (Fsp3) is 0.421. The molecule has 1 amide bonds. The third kappa shape index (κ3) is 4.25. The van der Waals surface area contributed by atoms with Crippen molar-refractivity contribution in [3.05, 3.63) is 35.6 Å². The predicted octanol–water partition coefficient (Wildman–Crippen LogP) is 0.808. The van der Waals surface area contributed by atoms with E-state index in [9.17, 15) is 9.59 Å². The third-order valence-corrected chi connectivity index (χ3v) is 4.41. The smallest absolute Gasteiger partial charge is 0.267 e. The Morgan fingerprint density at radius 3 is 3.04 bits per heavy atom. The van der Waals surface area contributed by atoms with Gasteiger partial charge in [-0.2, -0.15) is 0 Å². The van der Waals surface area contributed by atoms with Crippen molar-refractivity contribution in [1.29, 1.82) is 0 Å². The van der Waals surface area contributed by atoms with Crippen molar-refractivity contribution in [2.45, 2.75) is 19.8 Å². The molecule has 0 fully saturated rings. The van der Waals surface area contributed by atoms with Gasteiger partial charge in [-0.1, -0.05) is 0 Å². The molecule has 3 rings (SSSR count). The van der Waals surface area contributed by atoms with Crippen LogP contribution >= 0.6 is 0 Å². The normalized spacial score (nSPS) is 13.8. The molecule has 0 spiro atoms. The third-order valence-electron chi connectivity index (χ3n) is 4.41. The molecule has 3 heterocycles. The van der Waals surface area contributed by atoms with Crippen LogP contribution in [0.1, 0.15) is 30.3 Å². The maximum atomic E-state index is 12.4. The van der Waals surface area contributed by atoms with E-state index in [0.717, 1.165) is 18.5 Å². The second-order valence-electron chi connectivity index (χ2n) is 6.31. The molecular weight excluding hydrogens is 362 g/mol. The largest absolute Gasteiger partial charge is 0.488 e. The van der Waals surface area contributed by atoms with Gasteiger partial charge in [0.1, 0.15) is 17.8 Å². The minimum absolute atomic E-state index is 0.114. The van der Waals surface area contributed by atoms with Gasteiger partial charge >= 0.3 is 0 Å². The summed E-state index contributed by atoms with van der Waals surface area (Å²) in [7, 11) is 0. The van der Waals surface area contributed by atoms with Gasteiger partial charge in [0, 0.05) is 43.7 Å². The number of anilines is 2. The molecular formula is C19H25N5O4. The minimum atomic E-state index is -0.218.